The number of carbonyl (C=O) groups is 1. The molecule has 0 saturated carbocycles. The fourth-order valence-corrected chi connectivity index (χ4v) is 1.85. The molecule has 108 valence electrons. The van der Waals surface area contributed by atoms with E-state index < -0.39 is 0 Å². The summed E-state index contributed by atoms with van der Waals surface area (Å²) in [5.41, 5.74) is 0.974. The number of benzene rings is 1. The number of para-hydroxylation sites is 1. The first-order valence-electron chi connectivity index (χ1n) is 7.08. The van der Waals surface area contributed by atoms with Crippen LogP contribution in [0.1, 0.15) is 40.5 Å². The number of anilines is 1. The third-order valence-corrected chi connectivity index (χ3v) is 3.78. The predicted octanol–water partition coefficient (Wildman–Crippen LogP) is 4.01. The number of amides is 1. The van der Waals surface area contributed by atoms with E-state index in [9.17, 15) is 4.79 Å². The summed E-state index contributed by atoms with van der Waals surface area (Å²) in [7, 11) is 0. The Kier molecular flexibility index (Phi) is 5.76. The molecule has 1 atom stereocenters. The first-order valence-corrected chi connectivity index (χ1v) is 7.08. The standard InChI is InChI=1S/C17H24N2O/c1-14(17(2,3)4)13-16(20)19(12-8-11-18)15-9-6-5-7-10-15/h5-7,9-10,14H,8,12-13H2,1-4H3. The molecule has 1 amide bonds. The molecule has 0 aliphatic rings. The lowest BCUT2D eigenvalue weighted by Crippen LogP contribution is -2.34. The highest BCUT2D eigenvalue weighted by molar-refractivity contribution is 5.93. The summed E-state index contributed by atoms with van der Waals surface area (Å²) < 4.78 is 0. The third kappa shape index (κ3) is 4.70. The molecular formula is C17H24N2O. The largest absolute Gasteiger partial charge is 0.311 e. The van der Waals surface area contributed by atoms with Crippen molar-refractivity contribution in [2.24, 2.45) is 11.3 Å². The van der Waals surface area contributed by atoms with E-state index in [0.29, 0.717) is 25.3 Å². The summed E-state index contributed by atoms with van der Waals surface area (Å²) in [4.78, 5) is 14.3. The van der Waals surface area contributed by atoms with Gasteiger partial charge in [0.15, 0.2) is 0 Å². The SMILES string of the molecule is CC(CC(=O)N(CCC#N)c1ccccc1)C(C)(C)C. The molecule has 1 unspecified atom stereocenters. The van der Waals surface area contributed by atoms with E-state index in [2.05, 4.69) is 33.8 Å². The smallest absolute Gasteiger partial charge is 0.227 e. The van der Waals surface area contributed by atoms with Gasteiger partial charge in [-0.1, -0.05) is 45.9 Å². The van der Waals surface area contributed by atoms with Crippen LogP contribution in [-0.4, -0.2) is 12.5 Å². The minimum atomic E-state index is 0.0916. The first-order chi connectivity index (χ1) is 9.36. The van der Waals surface area contributed by atoms with Gasteiger partial charge in [0.2, 0.25) is 5.91 Å². The minimum absolute atomic E-state index is 0.0916. The molecule has 0 N–H and O–H groups in total. The molecule has 0 aliphatic carbocycles. The van der Waals surface area contributed by atoms with Crippen LogP contribution in [0.2, 0.25) is 0 Å². The summed E-state index contributed by atoms with van der Waals surface area (Å²) in [6, 6.07) is 11.7. The fraction of sp³-hybridized carbons (Fsp3) is 0.529. The monoisotopic (exact) mass is 272 g/mol. The Bertz CT molecular complexity index is 468. The zero-order valence-electron chi connectivity index (χ0n) is 12.9. The number of nitriles is 1. The van der Waals surface area contributed by atoms with Crippen molar-refractivity contribution >= 4 is 11.6 Å². The van der Waals surface area contributed by atoms with Crippen LogP contribution in [0.4, 0.5) is 5.69 Å². The van der Waals surface area contributed by atoms with Crippen molar-refractivity contribution in [2.45, 2.75) is 40.5 Å². The van der Waals surface area contributed by atoms with Crippen LogP contribution in [0.3, 0.4) is 0 Å². The maximum Gasteiger partial charge on any atom is 0.227 e. The van der Waals surface area contributed by atoms with Gasteiger partial charge in [0.05, 0.1) is 12.5 Å². The molecule has 20 heavy (non-hydrogen) atoms. The van der Waals surface area contributed by atoms with E-state index in [-0.39, 0.29) is 11.3 Å². The Balaban J connectivity index is 2.84. The second kappa shape index (κ2) is 7.09. The Morgan fingerprint density at radius 1 is 1.30 bits per heavy atom. The highest BCUT2D eigenvalue weighted by atomic mass is 16.2. The van der Waals surface area contributed by atoms with Crippen LogP contribution in [0.5, 0.6) is 0 Å². The van der Waals surface area contributed by atoms with E-state index in [0.717, 1.165) is 5.69 Å². The first kappa shape index (κ1) is 16.2. The molecule has 1 rings (SSSR count). The average Bonchev–Trinajstić information content (AvgIpc) is 2.39. The lowest BCUT2D eigenvalue weighted by atomic mass is 9.80. The van der Waals surface area contributed by atoms with Gasteiger partial charge in [-0.15, -0.1) is 0 Å². The molecule has 1 aromatic carbocycles. The minimum Gasteiger partial charge on any atom is -0.311 e. The van der Waals surface area contributed by atoms with Gasteiger partial charge in [-0.2, -0.15) is 5.26 Å². The third-order valence-electron chi connectivity index (χ3n) is 3.78. The number of hydrogen-bond acceptors (Lipinski definition) is 2. The van der Waals surface area contributed by atoms with Gasteiger partial charge in [-0.25, -0.2) is 0 Å². The van der Waals surface area contributed by atoms with Gasteiger partial charge in [-0.05, 0) is 23.5 Å². The molecule has 0 bridgehead atoms. The number of nitrogens with zero attached hydrogens (tertiary/aromatic N) is 2. The summed E-state index contributed by atoms with van der Waals surface area (Å²) in [5, 5.41) is 8.77. The maximum atomic E-state index is 12.5. The highest BCUT2D eigenvalue weighted by Crippen LogP contribution is 2.29. The van der Waals surface area contributed by atoms with E-state index in [1.807, 2.05) is 30.3 Å². The van der Waals surface area contributed by atoms with Crippen molar-refractivity contribution in [3.05, 3.63) is 30.3 Å². The van der Waals surface area contributed by atoms with Gasteiger partial charge in [0, 0.05) is 18.7 Å². The van der Waals surface area contributed by atoms with Crippen molar-refractivity contribution in [3.8, 4) is 6.07 Å². The fourth-order valence-electron chi connectivity index (χ4n) is 1.85. The van der Waals surface area contributed by atoms with E-state index in [1.54, 1.807) is 4.90 Å². The van der Waals surface area contributed by atoms with Crippen LogP contribution in [0, 0.1) is 22.7 Å². The molecule has 0 saturated heterocycles. The molecule has 3 heteroatoms. The molecular weight excluding hydrogens is 248 g/mol. The second-order valence-electron chi connectivity index (χ2n) is 6.26. The topological polar surface area (TPSA) is 44.1 Å². The molecule has 0 spiro atoms. The predicted molar refractivity (Wildman–Crippen MR) is 82.3 cm³/mol. The average molecular weight is 272 g/mol. The lowest BCUT2D eigenvalue weighted by molar-refractivity contribution is -0.120. The number of hydrogen-bond donors (Lipinski definition) is 0. The van der Waals surface area contributed by atoms with E-state index >= 15 is 0 Å². The Morgan fingerprint density at radius 2 is 1.90 bits per heavy atom. The van der Waals surface area contributed by atoms with Crippen molar-refractivity contribution < 1.29 is 4.79 Å². The van der Waals surface area contributed by atoms with Gasteiger partial charge >= 0.3 is 0 Å². The Morgan fingerprint density at radius 3 is 2.40 bits per heavy atom. The van der Waals surface area contributed by atoms with Crippen LogP contribution < -0.4 is 4.90 Å². The van der Waals surface area contributed by atoms with Crippen molar-refractivity contribution in [2.75, 3.05) is 11.4 Å². The van der Waals surface area contributed by atoms with Crippen LogP contribution in [-0.2, 0) is 4.79 Å². The molecule has 0 fully saturated rings. The van der Waals surface area contributed by atoms with Gasteiger partial charge in [0.25, 0.3) is 0 Å². The molecule has 0 aromatic heterocycles. The maximum absolute atomic E-state index is 12.5. The molecule has 0 aliphatic heterocycles. The number of carbonyl (C=O) groups excluding carboxylic acids is 1. The van der Waals surface area contributed by atoms with Gasteiger partial charge in [-0.3, -0.25) is 4.79 Å². The van der Waals surface area contributed by atoms with Crippen LogP contribution >= 0.6 is 0 Å². The molecule has 0 heterocycles. The van der Waals surface area contributed by atoms with E-state index in [1.165, 1.54) is 0 Å². The van der Waals surface area contributed by atoms with Gasteiger partial charge < -0.3 is 4.90 Å². The Hall–Kier alpha value is -1.82. The number of rotatable bonds is 5. The normalized spacial score (nSPS) is 12.6. The highest BCUT2D eigenvalue weighted by Gasteiger charge is 2.25. The van der Waals surface area contributed by atoms with Crippen LogP contribution in [0.25, 0.3) is 0 Å². The van der Waals surface area contributed by atoms with Gasteiger partial charge in [0.1, 0.15) is 0 Å². The van der Waals surface area contributed by atoms with Crippen molar-refractivity contribution in [1.82, 2.24) is 0 Å². The van der Waals surface area contributed by atoms with Crippen molar-refractivity contribution in [1.29, 1.82) is 5.26 Å². The van der Waals surface area contributed by atoms with Crippen LogP contribution in [0.15, 0.2) is 30.3 Å². The van der Waals surface area contributed by atoms with E-state index in [4.69, 9.17) is 5.26 Å². The van der Waals surface area contributed by atoms with Crippen molar-refractivity contribution in [3.63, 3.8) is 0 Å². The second-order valence-corrected chi connectivity index (χ2v) is 6.26. The summed E-state index contributed by atoms with van der Waals surface area (Å²) in [6.45, 7) is 8.99. The zero-order chi connectivity index (χ0) is 15.2. The summed E-state index contributed by atoms with van der Waals surface area (Å²) in [6.07, 6.45) is 0.856. The quantitative estimate of drug-likeness (QED) is 0.813. The molecule has 3 nitrogen and oxygen atoms in total. The molecule has 1 aromatic rings. The summed E-state index contributed by atoms with van der Waals surface area (Å²) >= 11 is 0. The molecule has 0 radical (unpaired) electrons. The zero-order valence-corrected chi connectivity index (χ0v) is 12.9. The summed E-state index contributed by atoms with van der Waals surface area (Å²) in [5.74, 6) is 0.386. The Labute approximate surface area is 122 Å². The lowest BCUT2D eigenvalue weighted by Gasteiger charge is -2.29.